The fourth-order valence-corrected chi connectivity index (χ4v) is 9.19. The molecule has 0 nitrogen and oxygen atoms in total. The van der Waals surface area contributed by atoms with Gasteiger partial charge in [0, 0.05) is 0 Å². The van der Waals surface area contributed by atoms with Crippen molar-refractivity contribution in [2.24, 2.45) is 0 Å². The molecule has 1 aromatic carbocycles. The van der Waals surface area contributed by atoms with Crippen molar-refractivity contribution in [1.82, 2.24) is 0 Å². The summed E-state index contributed by atoms with van der Waals surface area (Å²) in [5.41, 5.74) is 0. The Morgan fingerprint density at radius 2 is 1.73 bits per heavy atom. The van der Waals surface area contributed by atoms with Gasteiger partial charge in [-0.05, 0) is 0 Å². The van der Waals surface area contributed by atoms with E-state index in [9.17, 15) is 0 Å². The molecule has 0 aliphatic heterocycles. The Morgan fingerprint density at radius 3 is 2.33 bits per heavy atom. The van der Waals surface area contributed by atoms with E-state index in [1.807, 2.05) is 0 Å². The molecule has 1 atom stereocenters. The van der Waals surface area contributed by atoms with Crippen molar-refractivity contribution in [2.45, 2.75) is 33.6 Å². The predicted molar refractivity (Wildman–Crippen MR) is 75.4 cm³/mol. The Bertz CT molecular complexity index is 244. The Labute approximate surface area is 103 Å². The van der Waals surface area contributed by atoms with Crippen LogP contribution >= 0.6 is 8.58 Å². The minimum absolute atomic E-state index is 0.844. The summed E-state index contributed by atoms with van der Waals surface area (Å²) in [7, 11) is 1.04. The monoisotopic (exact) mass is 329 g/mol. The molecule has 0 aliphatic rings. The van der Waals surface area contributed by atoms with Gasteiger partial charge in [0.25, 0.3) is 0 Å². The van der Waals surface area contributed by atoms with E-state index in [1.165, 1.54) is 17.9 Å². The molecule has 0 aromatic heterocycles. The Hall–Kier alpha value is 0.449. The summed E-state index contributed by atoms with van der Waals surface area (Å²) in [6.45, 7) is 4.80. The maximum absolute atomic E-state index is 2.40. The molecule has 15 heavy (non-hydrogen) atoms. The van der Waals surface area contributed by atoms with Crippen LogP contribution in [0.25, 0.3) is 0 Å². The second-order valence-electron chi connectivity index (χ2n) is 3.85. The number of hydrogen-bond acceptors (Lipinski definition) is 0. The molecule has 1 radical (unpaired) electrons. The van der Waals surface area contributed by atoms with Gasteiger partial charge < -0.3 is 0 Å². The first-order valence-corrected chi connectivity index (χ1v) is 13.3. The van der Waals surface area contributed by atoms with Crippen LogP contribution < -0.4 is 5.30 Å². The van der Waals surface area contributed by atoms with Gasteiger partial charge in [-0.15, -0.1) is 0 Å². The van der Waals surface area contributed by atoms with Gasteiger partial charge in [-0.25, -0.2) is 0 Å². The third-order valence-corrected chi connectivity index (χ3v) is 12.9. The molecule has 2 heteroatoms. The van der Waals surface area contributed by atoms with Crippen LogP contribution in [0.3, 0.4) is 0 Å². The van der Waals surface area contributed by atoms with Crippen molar-refractivity contribution in [3.63, 3.8) is 0 Å². The van der Waals surface area contributed by atoms with E-state index in [4.69, 9.17) is 0 Å². The molecule has 1 aromatic rings. The molecule has 0 saturated carbocycles. The number of rotatable bonds is 7. The van der Waals surface area contributed by atoms with E-state index in [2.05, 4.69) is 44.2 Å². The first-order chi connectivity index (χ1) is 7.36. The zero-order chi connectivity index (χ0) is 10.9. The summed E-state index contributed by atoms with van der Waals surface area (Å²) in [5.74, 6) is 0. The minimum atomic E-state index is -0.844. The van der Waals surface area contributed by atoms with Gasteiger partial charge in [0.05, 0.1) is 0 Å². The van der Waals surface area contributed by atoms with Crippen molar-refractivity contribution in [1.29, 1.82) is 0 Å². The van der Waals surface area contributed by atoms with Crippen molar-refractivity contribution in [3.8, 4) is 0 Å². The van der Waals surface area contributed by atoms with Crippen LogP contribution in [0.1, 0.15) is 20.3 Å². The van der Waals surface area contributed by atoms with Gasteiger partial charge in [0.2, 0.25) is 0 Å². The van der Waals surface area contributed by atoms with Crippen molar-refractivity contribution >= 4 is 33.6 Å². The molecular weight excluding hydrogens is 306 g/mol. The summed E-state index contributed by atoms with van der Waals surface area (Å²) in [5, 5.41) is 1.54. The summed E-state index contributed by atoms with van der Waals surface area (Å²) < 4.78 is 4.72. The quantitative estimate of drug-likeness (QED) is 0.404. The van der Waals surface area contributed by atoms with Crippen molar-refractivity contribution in [3.05, 3.63) is 30.3 Å². The standard InChI is InChI=1S/C9H12P.2C2H5.Sn/c1-2-8-10-9-6-4-3-5-7-9;2*1-2;/h3-7,10H,1-2,8H2;2*1H2,2H3;. The third-order valence-electron chi connectivity index (χ3n) is 2.81. The molecule has 0 bridgehead atoms. The molecule has 0 heterocycles. The van der Waals surface area contributed by atoms with Crippen molar-refractivity contribution in [2.75, 3.05) is 6.16 Å². The molecule has 0 saturated heterocycles. The van der Waals surface area contributed by atoms with E-state index in [0.717, 1.165) is 8.58 Å². The summed E-state index contributed by atoms with van der Waals surface area (Å²) in [6, 6.07) is 10.9. The van der Waals surface area contributed by atoms with E-state index in [-0.39, 0.29) is 0 Å². The molecule has 1 unspecified atom stereocenters. The van der Waals surface area contributed by atoms with Crippen molar-refractivity contribution < 1.29 is 0 Å². The second kappa shape index (κ2) is 8.58. The van der Waals surface area contributed by atoms with Crippen LogP contribution in [0.5, 0.6) is 0 Å². The zero-order valence-corrected chi connectivity index (χ0v) is 13.8. The molecule has 0 spiro atoms. The number of hydrogen-bond donors (Lipinski definition) is 0. The molecule has 1 rings (SSSR count). The normalized spacial score (nSPS) is 11.7. The van der Waals surface area contributed by atoms with Crippen LogP contribution in [-0.2, 0) is 0 Å². The SMILES string of the molecule is C[CH2][Sn]([CH2]C)[CH2]CCPc1ccccc1. The number of benzene rings is 1. The van der Waals surface area contributed by atoms with Gasteiger partial charge >= 0.3 is 104 Å². The molecule has 0 aliphatic carbocycles. The first-order valence-electron chi connectivity index (χ1n) is 5.99. The van der Waals surface area contributed by atoms with Crippen LogP contribution in [0.4, 0.5) is 0 Å². The van der Waals surface area contributed by atoms with E-state index >= 15 is 0 Å². The average Bonchev–Trinajstić information content (AvgIpc) is 2.31. The average molecular weight is 328 g/mol. The van der Waals surface area contributed by atoms with Gasteiger partial charge in [-0.2, -0.15) is 0 Å². The second-order valence-corrected chi connectivity index (χ2v) is 15.0. The van der Waals surface area contributed by atoms with Gasteiger partial charge in [0.15, 0.2) is 0 Å². The van der Waals surface area contributed by atoms with E-state index in [1.54, 1.807) is 13.3 Å². The third kappa shape index (κ3) is 5.92. The Kier molecular flexibility index (Phi) is 7.73. The van der Waals surface area contributed by atoms with Crippen LogP contribution in [0.2, 0.25) is 13.3 Å². The molecule has 0 amide bonds. The van der Waals surface area contributed by atoms with E-state index < -0.39 is 19.8 Å². The topological polar surface area (TPSA) is 0 Å². The Balaban J connectivity index is 2.12. The first kappa shape index (κ1) is 13.5. The van der Waals surface area contributed by atoms with Crippen LogP contribution in [0.15, 0.2) is 30.3 Å². The van der Waals surface area contributed by atoms with Gasteiger partial charge in [-0.1, -0.05) is 0 Å². The predicted octanol–water partition coefficient (Wildman–Crippen LogP) is 3.92. The molecular formula is C13H22PSn. The van der Waals surface area contributed by atoms with Crippen LogP contribution in [0, 0.1) is 0 Å². The maximum atomic E-state index is 2.40. The molecule has 83 valence electrons. The Morgan fingerprint density at radius 1 is 1.07 bits per heavy atom. The fourth-order valence-electron chi connectivity index (χ4n) is 1.73. The van der Waals surface area contributed by atoms with Gasteiger partial charge in [-0.3, -0.25) is 0 Å². The summed E-state index contributed by atoms with van der Waals surface area (Å²) in [4.78, 5) is 0. The summed E-state index contributed by atoms with van der Waals surface area (Å²) >= 11 is -0.844. The fraction of sp³-hybridized carbons (Fsp3) is 0.538. The van der Waals surface area contributed by atoms with Gasteiger partial charge in [0.1, 0.15) is 0 Å². The zero-order valence-electron chi connectivity index (χ0n) is 9.92. The molecule has 0 N–H and O–H groups in total. The van der Waals surface area contributed by atoms with E-state index in [0.29, 0.717) is 0 Å². The summed E-state index contributed by atoms with van der Waals surface area (Å²) in [6.07, 6.45) is 2.91. The van der Waals surface area contributed by atoms with Crippen LogP contribution in [-0.4, -0.2) is 25.9 Å². The molecule has 0 fully saturated rings.